The summed E-state index contributed by atoms with van der Waals surface area (Å²) in [5, 5.41) is 10.5. The quantitative estimate of drug-likeness (QED) is 0.314. The summed E-state index contributed by atoms with van der Waals surface area (Å²) in [7, 11) is 1.72. The molecule has 1 N–H and O–H groups in total. The van der Waals surface area contributed by atoms with E-state index in [1.54, 1.807) is 33.9 Å². The van der Waals surface area contributed by atoms with Crippen LogP contribution >= 0.6 is 0 Å². The summed E-state index contributed by atoms with van der Waals surface area (Å²) in [6.45, 7) is 18.3. The van der Waals surface area contributed by atoms with Gasteiger partial charge in [0.15, 0.2) is 0 Å². The van der Waals surface area contributed by atoms with E-state index in [0.29, 0.717) is 65.1 Å². The Morgan fingerprint density at radius 1 is 1.15 bits per heavy atom. The molecule has 4 aliphatic rings. The molecule has 4 heterocycles. The number of morpholine rings is 1. The lowest BCUT2D eigenvalue weighted by molar-refractivity contribution is -0.158. The standard InChI is InChI=1S/C31H50N4O6/c1-7-12-32(6)27(37)24-25-28(38)35(23(21-36)20-22(4)5)26(31(25)11-10-30(24,9-3)41-31)29(39)34(13-8-2)15-14-33-16-18-40-19-17-33/h7-8,22-26,36H,1-2,9-21H2,3-6H3/t23-,24-,25+,26?,30+,31?/m1/s1. The minimum Gasteiger partial charge on any atom is -0.394 e. The molecule has 6 atom stereocenters. The van der Waals surface area contributed by atoms with Gasteiger partial charge in [-0.25, -0.2) is 0 Å². The summed E-state index contributed by atoms with van der Waals surface area (Å²) in [5.74, 6) is -1.89. The predicted octanol–water partition coefficient (Wildman–Crippen LogP) is 1.54. The van der Waals surface area contributed by atoms with Crippen LogP contribution in [0.2, 0.25) is 0 Å². The minimum absolute atomic E-state index is 0.153. The van der Waals surface area contributed by atoms with Gasteiger partial charge in [-0.3, -0.25) is 19.3 Å². The molecule has 0 aromatic carbocycles. The molecule has 0 aromatic heterocycles. The van der Waals surface area contributed by atoms with Crippen molar-refractivity contribution in [3.63, 3.8) is 0 Å². The highest BCUT2D eigenvalue weighted by Gasteiger charge is 2.79. The third-order valence-electron chi connectivity index (χ3n) is 9.70. The minimum atomic E-state index is -1.12. The highest BCUT2D eigenvalue weighted by Crippen LogP contribution is 2.65. The number of aliphatic hydroxyl groups is 1. The van der Waals surface area contributed by atoms with Gasteiger partial charge in [-0.05, 0) is 31.6 Å². The molecule has 2 bridgehead atoms. The largest absolute Gasteiger partial charge is 0.394 e. The lowest BCUT2D eigenvalue weighted by atomic mass is 9.64. The van der Waals surface area contributed by atoms with Crippen molar-refractivity contribution in [1.82, 2.24) is 19.6 Å². The Balaban J connectivity index is 1.75. The fourth-order valence-corrected chi connectivity index (χ4v) is 7.75. The monoisotopic (exact) mass is 574 g/mol. The molecule has 0 aromatic rings. The van der Waals surface area contributed by atoms with Crippen LogP contribution in [0.4, 0.5) is 0 Å². The van der Waals surface area contributed by atoms with Gasteiger partial charge in [-0.2, -0.15) is 0 Å². The summed E-state index contributed by atoms with van der Waals surface area (Å²) >= 11 is 0. The second kappa shape index (κ2) is 12.9. The van der Waals surface area contributed by atoms with Crippen LogP contribution in [0.25, 0.3) is 0 Å². The van der Waals surface area contributed by atoms with E-state index >= 15 is 0 Å². The fraction of sp³-hybridized carbons (Fsp3) is 0.774. The third-order valence-corrected chi connectivity index (χ3v) is 9.70. The van der Waals surface area contributed by atoms with Gasteiger partial charge in [0, 0.05) is 46.3 Å². The Kier molecular flexibility index (Phi) is 9.99. The maximum atomic E-state index is 14.7. The highest BCUT2D eigenvalue weighted by molar-refractivity contribution is 5.99. The molecule has 3 amide bonds. The molecule has 4 fully saturated rings. The number of likely N-dealkylation sites (tertiary alicyclic amines) is 1. The van der Waals surface area contributed by atoms with Crippen LogP contribution in [0.3, 0.4) is 0 Å². The van der Waals surface area contributed by atoms with Crippen molar-refractivity contribution in [1.29, 1.82) is 0 Å². The third kappa shape index (κ3) is 5.60. The zero-order valence-electron chi connectivity index (χ0n) is 25.4. The number of rotatable bonds is 14. The van der Waals surface area contributed by atoms with Gasteiger partial charge in [-0.1, -0.05) is 32.9 Å². The maximum absolute atomic E-state index is 14.7. The zero-order valence-corrected chi connectivity index (χ0v) is 25.4. The van der Waals surface area contributed by atoms with Crippen molar-refractivity contribution in [2.75, 3.05) is 66.1 Å². The summed E-state index contributed by atoms with van der Waals surface area (Å²) < 4.78 is 12.4. The van der Waals surface area contributed by atoms with Crippen LogP contribution < -0.4 is 0 Å². The summed E-state index contributed by atoms with van der Waals surface area (Å²) in [6, 6.07) is -1.47. The van der Waals surface area contributed by atoms with E-state index in [1.165, 1.54) is 0 Å². The Morgan fingerprint density at radius 3 is 2.41 bits per heavy atom. The van der Waals surface area contributed by atoms with Crippen LogP contribution in [-0.4, -0.2) is 132 Å². The first-order valence-electron chi connectivity index (χ1n) is 15.3. The number of aliphatic hydroxyl groups excluding tert-OH is 1. The lowest BCUT2D eigenvalue weighted by Gasteiger charge is -2.40. The number of ether oxygens (including phenoxy) is 2. The molecule has 4 aliphatic heterocycles. The normalized spacial score (nSPS) is 31.8. The van der Waals surface area contributed by atoms with Crippen molar-refractivity contribution in [3.05, 3.63) is 25.3 Å². The van der Waals surface area contributed by atoms with Crippen molar-refractivity contribution in [2.24, 2.45) is 17.8 Å². The molecule has 2 unspecified atom stereocenters. The maximum Gasteiger partial charge on any atom is 0.248 e. The van der Waals surface area contributed by atoms with Crippen molar-refractivity contribution in [3.8, 4) is 0 Å². The van der Waals surface area contributed by atoms with E-state index in [9.17, 15) is 19.5 Å². The molecule has 0 radical (unpaired) electrons. The Labute approximate surface area is 245 Å². The molecule has 0 aliphatic carbocycles. The Hall–Kier alpha value is -2.27. The average Bonchev–Trinajstić information content (AvgIpc) is 3.57. The van der Waals surface area contributed by atoms with Crippen LogP contribution in [0.1, 0.15) is 46.5 Å². The molecule has 10 nitrogen and oxygen atoms in total. The summed E-state index contributed by atoms with van der Waals surface area (Å²) in [5.41, 5.74) is -1.93. The summed E-state index contributed by atoms with van der Waals surface area (Å²) in [6.07, 6.45) is 5.61. The second-order valence-electron chi connectivity index (χ2n) is 12.6. The smallest absolute Gasteiger partial charge is 0.248 e. The van der Waals surface area contributed by atoms with Gasteiger partial charge in [-0.15, -0.1) is 13.2 Å². The molecule has 10 heteroatoms. The van der Waals surface area contributed by atoms with E-state index in [1.807, 2.05) is 20.8 Å². The van der Waals surface area contributed by atoms with E-state index in [4.69, 9.17) is 9.47 Å². The number of fused-ring (bicyclic) bond motifs is 1. The number of nitrogens with zero attached hydrogens (tertiary/aromatic N) is 4. The van der Waals surface area contributed by atoms with Crippen molar-refractivity contribution < 1.29 is 29.0 Å². The van der Waals surface area contributed by atoms with Gasteiger partial charge in [0.1, 0.15) is 11.6 Å². The molecule has 0 saturated carbocycles. The van der Waals surface area contributed by atoms with Crippen molar-refractivity contribution >= 4 is 17.7 Å². The van der Waals surface area contributed by atoms with Crippen LogP contribution in [-0.2, 0) is 23.9 Å². The van der Waals surface area contributed by atoms with Gasteiger partial charge in [0.2, 0.25) is 17.7 Å². The first kappa shape index (κ1) is 31.7. The van der Waals surface area contributed by atoms with Crippen LogP contribution in [0, 0.1) is 17.8 Å². The predicted molar refractivity (Wildman–Crippen MR) is 156 cm³/mol. The molecular formula is C31H50N4O6. The number of carbonyl (C=O) groups excluding carboxylic acids is 3. The lowest BCUT2D eigenvalue weighted by Crippen LogP contribution is -2.59. The number of amides is 3. The topological polar surface area (TPSA) is 103 Å². The van der Waals surface area contributed by atoms with E-state index < -0.39 is 35.1 Å². The zero-order chi connectivity index (χ0) is 29.9. The number of likely N-dealkylation sites (N-methyl/N-ethyl adjacent to an activating group) is 1. The van der Waals surface area contributed by atoms with Gasteiger partial charge >= 0.3 is 0 Å². The van der Waals surface area contributed by atoms with E-state index in [-0.39, 0.29) is 30.2 Å². The Bertz CT molecular complexity index is 999. The SMILES string of the molecule is C=CCN(C)C(=O)[C@H]1[C@H]2C(=O)N([C@@H](CO)CC(C)C)C(C(=O)N(CC=C)CCN3CCOCC3)C23CC[C@]1(CC)O3. The van der Waals surface area contributed by atoms with Crippen molar-refractivity contribution in [2.45, 2.75) is 69.7 Å². The summed E-state index contributed by atoms with van der Waals surface area (Å²) in [4.78, 5) is 50.4. The molecule has 1 spiro atoms. The van der Waals surface area contributed by atoms with E-state index in [0.717, 1.165) is 13.1 Å². The fourth-order valence-electron chi connectivity index (χ4n) is 7.75. The van der Waals surface area contributed by atoms with Gasteiger partial charge in [0.05, 0.1) is 43.3 Å². The first-order valence-corrected chi connectivity index (χ1v) is 15.3. The Morgan fingerprint density at radius 2 is 1.83 bits per heavy atom. The average molecular weight is 575 g/mol. The second-order valence-corrected chi connectivity index (χ2v) is 12.6. The highest BCUT2D eigenvalue weighted by atomic mass is 16.5. The molecule has 41 heavy (non-hydrogen) atoms. The first-order chi connectivity index (χ1) is 19.6. The van der Waals surface area contributed by atoms with Crippen LogP contribution in [0.15, 0.2) is 25.3 Å². The molecule has 230 valence electrons. The van der Waals surface area contributed by atoms with Crippen LogP contribution in [0.5, 0.6) is 0 Å². The number of carbonyl (C=O) groups is 3. The number of hydrogen-bond donors (Lipinski definition) is 1. The van der Waals surface area contributed by atoms with E-state index in [2.05, 4.69) is 18.1 Å². The molecule has 4 saturated heterocycles. The molecular weight excluding hydrogens is 524 g/mol. The number of hydrogen-bond acceptors (Lipinski definition) is 7. The van der Waals surface area contributed by atoms with Gasteiger partial charge in [0.25, 0.3) is 0 Å². The van der Waals surface area contributed by atoms with Gasteiger partial charge < -0.3 is 29.3 Å². The molecule has 4 rings (SSSR count).